The molecule has 9 rings (SSSR count). The van der Waals surface area contributed by atoms with Crippen molar-refractivity contribution in [3.05, 3.63) is 131 Å². The number of β-amino-alcohol motifs (C(OH)–C–C–N with tert-alkyl or cyclic N) is 1. The van der Waals surface area contributed by atoms with E-state index in [1.54, 1.807) is 17.5 Å². The standard InChI is InChI=1S/C57H65N11O5S/c1-35-49(74-34-63-35)38-17-14-37(15-18-38)32-62-54(72)46-31-42(69)33-67(46)55(73)50(56(2,3)4)66-48(71)13-5-6-28-60-47(70)25-16-36-10-7-11-39(30-36)44-23-24-45-53(64-44)68(52(65-45)43-12-8-29-61-51(43)58)41-21-19-40(20-22-41)57(59)26-9-27-57/h7-8,10-12,14-15,17-24,29-30,34,42,46,50,69H,5-6,9,13,16,25-28,31-33,59H2,1-4H3,(H2,58,61)(H,60,70)(H,62,72)(H,66,71)/t42-,46+,50?/m1/s1. The van der Waals surface area contributed by atoms with Crippen LogP contribution in [0.25, 0.3) is 49.9 Å². The molecule has 7 aromatic rings. The molecule has 0 bridgehead atoms. The number of imidazole rings is 1. The van der Waals surface area contributed by atoms with E-state index in [2.05, 4.69) is 56.3 Å². The Morgan fingerprint density at radius 1 is 0.865 bits per heavy atom. The van der Waals surface area contributed by atoms with Gasteiger partial charge in [-0.1, -0.05) is 75.4 Å². The molecular formula is C57H65N11O5S. The summed E-state index contributed by atoms with van der Waals surface area (Å²) in [6, 6.07) is 30.0. The number of aliphatic hydroxyl groups is 1. The van der Waals surface area contributed by atoms with E-state index in [-0.39, 0.29) is 55.6 Å². The molecule has 3 atom stereocenters. The fourth-order valence-electron chi connectivity index (χ4n) is 9.82. The van der Waals surface area contributed by atoms with Gasteiger partial charge in [0.1, 0.15) is 23.4 Å². The van der Waals surface area contributed by atoms with E-state index in [1.807, 2.05) is 105 Å². The fourth-order valence-corrected chi connectivity index (χ4v) is 10.6. The van der Waals surface area contributed by atoms with Gasteiger partial charge in [-0.2, -0.15) is 0 Å². The molecule has 2 aliphatic rings. The zero-order valence-corrected chi connectivity index (χ0v) is 43.3. The van der Waals surface area contributed by atoms with Gasteiger partial charge in [-0.15, -0.1) is 11.3 Å². The molecule has 1 saturated carbocycles. The topological polar surface area (TPSA) is 236 Å². The number of nitrogens with zero attached hydrogens (tertiary/aromatic N) is 6. The summed E-state index contributed by atoms with van der Waals surface area (Å²) in [5.74, 6) is -0.180. The Hall–Kier alpha value is -7.34. The third-order valence-electron chi connectivity index (χ3n) is 14.3. The molecule has 1 aliphatic carbocycles. The molecule has 0 spiro atoms. The lowest BCUT2D eigenvalue weighted by atomic mass is 9.73. The van der Waals surface area contributed by atoms with Gasteiger partial charge in [0, 0.05) is 61.9 Å². The lowest BCUT2D eigenvalue weighted by molar-refractivity contribution is -0.144. The smallest absolute Gasteiger partial charge is 0.246 e. The van der Waals surface area contributed by atoms with E-state index in [9.17, 15) is 24.3 Å². The van der Waals surface area contributed by atoms with Crippen molar-refractivity contribution in [1.82, 2.24) is 45.4 Å². The van der Waals surface area contributed by atoms with Gasteiger partial charge in [-0.25, -0.2) is 19.9 Å². The zero-order valence-electron chi connectivity index (χ0n) is 42.4. The molecule has 17 heteroatoms. The average molecular weight is 1020 g/mol. The monoisotopic (exact) mass is 1020 g/mol. The molecule has 74 heavy (non-hydrogen) atoms. The summed E-state index contributed by atoms with van der Waals surface area (Å²) in [5.41, 5.74) is 23.5. The van der Waals surface area contributed by atoms with Gasteiger partial charge >= 0.3 is 0 Å². The minimum Gasteiger partial charge on any atom is -0.391 e. The number of thiazole rings is 1. The largest absolute Gasteiger partial charge is 0.391 e. The van der Waals surface area contributed by atoms with E-state index < -0.39 is 29.5 Å². The summed E-state index contributed by atoms with van der Waals surface area (Å²) in [6.07, 6.45) is 5.94. The van der Waals surface area contributed by atoms with E-state index in [0.717, 1.165) is 69.0 Å². The first-order valence-corrected chi connectivity index (χ1v) is 26.3. The molecule has 4 amide bonds. The number of benzene rings is 3. The normalized spacial score (nSPS) is 16.6. The molecule has 2 fully saturated rings. The van der Waals surface area contributed by atoms with Crippen LogP contribution in [0, 0.1) is 12.3 Å². The SMILES string of the molecule is Cc1ncsc1-c1ccc(CNC(=O)[C@@H]2C[C@@H](O)CN2C(=O)C(NC(=O)CCCCNC(=O)CCc2cccc(-c3ccc4nc(-c5cccnc5N)n(-c5ccc(C6(N)CCC6)cc5)c4n3)c2)C(C)(C)C)cc1. The number of nitrogen functional groups attached to an aromatic ring is 1. The lowest BCUT2D eigenvalue weighted by Gasteiger charge is -2.38. The maximum Gasteiger partial charge on any atom is 0.246 e. The minimum atomic E-state index is -0.928. The van der Waals surface area contributed by atoms with Gasteiger partial charge in [-0.05, 0) is 116 Å². The van der Waals surface area contributed by atoms with E-state index in [0.29, 0.717) is 54.2 Å². The first-order valence-electron chi connectivity index (χ1n) is 25.5. The van der Waals surface area contributed by atoms with Gasteiger partial charge in [0.15, 0.2) is 11.5 Å². The number of carbonyl (C=O) groups excluding carboxylic acids is 4. The van der Waals surface area contributed by atoms with Gasteiger partial charge in [0.25, 0.3) is 0 Å². The van der Waals surface area contributed by atoms with Crippen LogP contribution in [0.5, 0.6) is 0 Å². The Morgan fingerprint density at radius 3 is 2.35 bits per heavy atom. The first kappa shape index (κ1) is 51.6. The third-order valence-corrected chi connectivity index (χ3v) is 15.2. The number of anilines is 1. The Bertz CT molecular complexity index is 3160. The van der Waals surface area contributed by atoms with Crippen LogP contribution in [0.2, 0.25) is 0 Å². The van der Waals surface area contributed by atoms with Crippen molar-refractivity contribution in [2.75, 3.05) is 18.8 Å². The van der Waals surface area contributed by atoms with Crippen LogP contribution >= 0.6 is 11.3 Å². The third kappa shape index (κ3) is 11.5. The second-order valence-corrected chi connectivity index (χ2v) is 21.6. The first-order chi connectivity index (χ1) is 35.5. The molecule has 1 saturated heterocycles. The Labute approximate surface area is 435 Å². The van der Waals surface area contributed by atoms with Crippen LogP contribution in [0.4, 0.5) is 5.82 Å². The number of hydrogen-bond donors (Lipinski definition) is 6. The molecule has 3 aromatic carbocycles. The molecule has 1 aliphatic heterocycles. The van der Waals surface area contributed by atoms with Gasteiger partial charge in [0.2, 0.25) is 23.6 Å². The van der Waals surface area contributed by atoms with E-state index in [1.165, 1.54) is 4.90 Å². The average Bonchev–Trinajstić information content (AvgIpc) is 4.12. The highest BCUT2D eigenvalue weighted by atomic mass is 32.1. The number of amides is 4. The number of hydrogen-bond acceptors (Lipinski definition) is 12. The van der Waals surface area contributed by atoms with Crippen LogP contribution < -0.4 is 27.4 Å². The highest BCUT2D eigenvalue weighted by Gasteiger charge is 2.44. The van der Waals surface area contributed by atoms with Crippen molar-refractivity contribution in [2.45, 2.75) is 116 Å². The summed E-state index contributed by atoms with van der Waals surface area (Å²) >= 11 is 1.57. The van der Waals surface area contributed by atoms with Crippen molar-refractivity contribution >= 4 is 51.9 Å². The number of fused-ring (bicyclic) bond motifs is 1. The maximum absolute atomic E-state index is 14.1. The van der Waals surface area contributed by atoms with Gasteiger partial charge in [0.05, 0.1) is 33.4 Å². The minimum absolute atomic E-state index is 0.00815. The zero-order chi connectivity index (χ0) is 52.1. The Balaban J connectivity index is 0.756. The van der Waals surface area contributed by atoms with Crippen molar-refractivity contribution in [3.8, 4) is 38.8 Å². The summed E-state index contributed by atoms with van der Waals surface area (Å²) in [7, 11) is 0. The summed E-state index contributed by atoms with van der Waals surface area (Å²) in [4.78, 5) is 75.3. The molecule has 4 aromatic heterocycles. The quantitative estimate of drug-likeness (QED) is 0.0460. The highest BCUT2D eigenvalue weighted by Crippen LogP contribution is 2.40. The molecular weight excluding hydrogens is 951 g/mol. The van der Waals surface area contributed by atoms with Crippen LogP contribution in [0.3, 0.4) is 0 Å². The number of carbonyl (C=O) groups is 4. The number of aromatic nitrogens is 5. The summed E-state index contributed by atoms with van der Waals surface area (Å²) in [6.45, 7) is 8.19. The second kappa shape index (κ2) is 22.0. The Morgan fingerprint density at radius 2 is 1.65 bits per heavy atom. The van der Waals surface area contributed by atoms with Crippen molar-refractivity contribution in [1.29, 1.82) is 0 Å². The number of nitrogens with one attached hydrogen (secondary N) is 3. The van der Waals surface area contributed by atoms with Crippen LogP contribution in [-0.2, 0) is 37.7 Å². The number of pyridine rings is 2. The number of rotatable bonds is 18. The molecule has 0 radical (unpaired) electrons. The number of nitrogens with two attached hydrogens (primary N) is 2. The number of unbranched alkanes of at least 4 members (excludes halogenated alkanes) is 1. The molecule has 384 valence electrons. The van der Waals surface area contributed by atoms with Crippen LogP contribution in [0.15, 0.2) is 109 Å². The van der Waals surface area contributed by atoms with Gasteiger partial charge < -0.3 is 37.4 Å². The van der Waals surface area contributed by atoms with Gasteiger partial charge in [-0.3, -0.25) is 23.7 Å². The van der Waals surface area contributed by atoms with Crippen molar-refractivity contribution < 1.29 is 24.3 Å². The fraction of sp³-hybridized carbons (Fsp3) is 0.368. The van der Waals surface area contributed by atoms with E-state index >= 15 is 0 Å². The summed E-state index contributed by atoms with van der Waals surface area (Å²) in [5, 5.41) is 19.5. The predicted octanol–water partition coefficient (Wildman–Crippen LogP) is 7.53. The predicted molar refractivity (Wildman–Crippen MR) is 288 cm³/mol. The van der Waals surface area contributed by atoms with Crippen LogP contribution in [0.1, 0.15) is 94.5 Å². The maximum atomic E-state index is 14.1. The second-order valence-electron chi connectivity index (χ2n) is 20.8. The highest BCUT2D eigenvalue weighted by molar-refractivity contribution is 7.13. The Kier molecular flexibility index (Phi) is 15.3. The number of likely N-dealkylation sites (tertiary alicyclic amines) is 1. The van der Waals surface area contributed by atoms with Crippen LogP contribution in [-0.4, -0.2) is 89.4 Å². The number of aryl methyl sites for hydroxylation is 2. The molecule has 8 N–H and O–H groups in total. The van der Waals surface area contributed by atoms with Crippen molar-refractivity contribution in [2.24, 2.45) is 11.1 Å². The van der Waals surface area contributed by atoms with E-state index in [4.69, 9.17) is 21.4 Å². The van der Waals surface area contributed by atoms with Crippen molar-refractivity contribution in [3.63, 3.8) is 0 Å². The number of aliphatic hydroxyl groups excluding tert-OH is 1. The summed E-state index contributed by atoms with van der Waals surface area (Å²) < 4.78 is 2.01. The molecule has 1 unspecified atom stereocenters. The molecule has 5 heterocycles. The molecule has 16 nitrogen and oxygen atoms in total. The lowest BCUT2D eigenvalue weighted by Crippen LogP contribution is -2.57.